The second kappa shape index (κ2) is 8.72. The molecule has 0 aliphatic carbocycles. The van der Waals surface area contributed by atoms with Gasteiger partial charge in [-0.25, -0.2) is 4.99 Å². The van der Waals surface area contributed by atoms with E-state index in [1.807, 2.05) is 56.1 Å². The molecule has 0 aliphatic heterocycles. The number of aliphatic imine (C=N–C) groups is 1. The Labute approximate surface area is 159 Å². The molecule has 0 aromatic heterocycles. The van der Waals surface area contributed by atoms with Crippen molar-refractivity contribution in [2.45, 2.75) is 20.8 Å². The molecular weight excluding hydrogens is 350 g/mol. The Kier molecular flexibility index (Phi) is 6.64. The Balaban J connectivity index is 2.44. The van der Waals surface area contributed by atoms with Gasteiger partial charge in [-0.15, -0.1) is 0 Å². The van der Waals surface area contributed by atoms with E-state index < -0.39 is 0 Å². The molecule has 0 atom stereocenters. The number of ether oxygens (including phenoxy) is 1. The van der Waals surface area contributed by atoms with Crippen LogP contribution in [0.2, 0.25) is 5.02 Å². The lowest BCUT2D eigenvalue weighted by molar-refractivity contribution is -0.115. The zero-order chi connectivity index (χ0) is 19.3. The number of benzene rings is 2. The predicted molar refractivity (Wildman–Crippen MR) is 108 cm³/mol. The maximum atomic E-state index is 12.3. The lowest BCUT2D eigenvalue weighted by Gasteiger charge is -2.24. The van der Waals surface area contributed by atoms with E-state index in [0.29, 0.717) is 10.7 Å². The highest BCUT2D eigenvalue weighted by Gasteiger charge is 2.18. The van der Waals surface area contributed by atoms with Crippen molar-refractivity contribution < 1.29 is 9.53 Å². The fourth-order valence-electron chi connectivity index (χ4n) is 2.46. The van der Waals surface area contributed by atoms with Crippen LogP contribution >= 0.6 is 11.6 Å². The number of amides is 1. The normalized spacial score (nSPS) is 10.8. The predicted octanol–water partition coefficient (Wildman–Crippen LogP) is 4.95. The summed E-state index contributed by atoms with van der Waals surface area (Å²) in [5, 5.41) is 0.492. The molecule has 2 rings (SSSR count). The molecule has 0 bridgehead atoms. The van der Waals surface area contributed by atoms with Gasteiger partial charge in [0.25, 0.3) is 0 Å². The molecule has 1 amide bonds. The largest absolute Gasteiger partial charge is 0.497 e. The number of hydrogen-bond donors (Lipinski definition) is 0. The molecule has 0 unspecified atom stereocenters. The summed E-state index contributed by atoms with van der Waals surface area (Å²) in [6.07, 6.45) is 1.74. The zero-order valence-corrected chi connectivity index (χ0v) is 16.5. The SMILES string of the molecule is CCN(C)C=Nc1cc(C)c(N(C(C)=O)c2ccc(OC)cc2)cc1Cl. The van der Waals surface area contributed by atoms with E-state index in [4.69, 9.17) is 16.3 Å². The summed E-state index contributed by atoms with van der Waals surface area (Å²) in [5.74, 6) is 0.632. The average molecular weight is 374 g/mol. The number of halogens is 1. The van der Waals surface area contributed by atoms with Crippen molar-refractivity contribution in [2.24, 2.45) is 4.99 Å². The van der Waals surface area contributed by atoms with E-state index >= 15 is 0 Å². The molecule has 6 heteroatoms. The molecule has 138 valence electrons. The number of carbonyl (C=O) groups excluding carboxylic acids is 1. The summed E-state index contributed by atoms with van der Waals surface area (Å²) in [5.41, 5.74) is 3.06. The number of aryl methyl sites for hydroxylation is 1. The summed E-state index contributed by atoms with van der Waals surface area (Å²) in [6, 6.07) is 11.0. The van der Waals surface area contributed by atoms with Crippen LogP contribution in [0.1, 0.15) is 19.4 Å². The van der Waals surface area contributed by atoms with Crippen molar-refractivity contribution in [1.82, 2.24) is 4.90 Å². The molecule has 0 fully saturated rings. The summed E-state index contributed by atoms with van der Waals surface area (Å²) in [7, 11) is 3.55. The van der Waals surface area contributed by atoms with Crippen LogP contribution in [0.15, 0.2) is 41.4 Å². The van der Waals surface area contributed by atoms with Gasteiger partial charge in [0.1, 0.15) is 5.75 Å². The fourth-order valence-corrected chi connectivity index (χ4v) is 2.67. The molecule has 0 saturated carbocycles. The maximum Gasteiger partial charge on any atom is 0.228 e. The van der Waals surface area contributed by atoms with Crippen molar-refractivity contribution in [2.75, 3.05) is 25.6 Å². The third-order valence-corrected chi connectivity index (χ3v) is 4.35. The highest BCUT2D eigenvalue weighted by molar-refractivity contribution is 6.33. The second-order valence-corrected chi connectivity index (χ2v) is 6.37. The Morgan fingerprint density at radius 3 is 2.46 bits per heavy atom. The Bertz CT molecular complexity index is 803. The van der Waals surface area contributed by atoms with Crippen LogP contribution < -0.4 is 9.64 Å². The summed E-state index contributed by atoms with van der Waals surface area (Å²) < 4.78 is 5.18. The first-order valence-corrected chi connectivity index (χ1v) is 8.74. The van der Waals surface area contributed by atoms with Crippen LogP contribution in [-0.2, 0) is 4.79 Å². The number of rotatable bonds is 6. The molecule has 0 radical (unpaired) electrons. The first-order chi connectivity index (χ1) is 12.4. The van der Waals surface area contributed by atoms with Gasteiger partial charge in [-0.2, -0.15) is 0 Å². The van der Waals surface area contributed by atoms with Crippen molar-refractivity contribution in [3.8, 4) is 5.75 Å². The number of anilines is 2. The molecule has 0 spiro atoms. The van der Waals surface area contributed by atoms with Crippen molar-refractivity contribution in [3.63, 3.8) is 0 Å². The summed E-state index contributed by atoms with van der Waals surface area (Å²) >= 11 is 6.42. The van der Waals surface area contributed by atoms with E-state index in [1.54, 1.807) is 24.4 Å². The lowest BCUT2D eigenvalue weighted by atomic mass is 10.1. The highest BCUT2D eigenvalue weighted by atomic mass is 35.5. The van der Waals surface area contributed by atoms with Crippen LogP contribution in [0, 0.1) is 6.92 Å². The van der Waals surface area contributed by atoms with Crippen molar-refractivity contribution in [3.05, 3.63) is 47.0 Å². The van der Waals surface area contributed by atoms with E-state index in [9.17, 15) is 4.79 Å². The molecule has 0 saturated heterocycles. The fraction of sp³-hybridized carbons (Fsp3) is 0.300. The maximum absolute atomic E-state index is 12.3. The standard InChI is InChI=1S/C20H24ClN3O2/c1-6-23(4)13-22-19-11-14(2)20(12-18(19)21)24(15(3)25)16-7-9-17(26-5)10-8-16/h7-13H,6H2,1-5H3. The van der Waals surface area contributed by atoms with Gasteiger partial charge in [-0.05, 0) is 55.8 Å². The average Bonchev–Trinajstić information content (AvgIpc) is 2.63. The van der Waals surface area contributed by atoms with Crippen LogP contribution in [0.3, 0.4) is 0 Å². The van der Waals surface area contributed by atoms with Crippen molar-refractivity contribution >= 4 is 40.9 Å². The van der Waals surface area contributed by atoms with Gasteiger partial charge in [0, 0.05) is 26.2 Å². The second-order valence-electron chi connectivity index (χ2n) is 5.96. The van der Waals surface area contributed by atoms with Crippen LogP contribution in [-0.4, -0.2) is 37.8 Å². The van der Waals surface area contributed by atoms with E-state index in [1.165, 1.54) is 6.92 Å². The Morgan fingerprint density at radius 1 is 1.27 bits per heavy atom. The Hall–Kier alpha value is -2.53. The quantitative estimate of drug-likeness (QED) is 0.531. The smallest absolute Gasteiger partial charge is 0.228 e. The van der Waals surface area contributed by atoms with E-state index in [-0.39, 0.29) is 5.91 Å². The molecule has 26 heavy (non-hydrogen) atoms. The minimum atomic E-state index is -0.101. The molecule has 0 heterocycles. The van der Waals surface area contributed by atoms with Gasteiger partial charge >= 0.3 is 0 Å². The van der Waals surface area contributed by atoms with Crippen molar-refractivity contribution in [1.29, 1.82) is 0 Å². The first kappa shape index (κ1) is 19.8. The van der Waals surface area contributed by atoms with Crippen LogP contribution in [0.25, 0.3) is 0 Å². The first-order valence-electron chi connectivity index (χ1n) is 8.36. The molecular formula is C20H24ClN3O2. The number of hydrogen-bond acceptors (Lipinski definition) is 3. The highest BCUT2D eigenvalue weighted by Crippen LogP contribution is 2.36. The lowest BCUT2D eigenvalue weighted by Crippen LogP contribution is -2.23. The molecule has 2 aromatic rings. The van der Waals surface area contributed by atoms with E-state index in [0.717, 1.165) is 29.2 Å². The molecule has 2 aromatic carbocycles. The number of nitrogens with zero attached hydrogens (tertiary/aromatic N) is 3. The third kappa shape index (κ3) is 4.55. The molecule has 5 nitrogen and oxygen atoms in total. The van der Waals surface area contributed by atoms with Gasteiger partial charge in [0.05, 0.1) is 29.8 Å². The third-order valence-electron chi connectivity index (χ3n) is 4.04. The Morgan fingerprint density at radius 2 is 1.92 bits per heavy atom. The minimum Gasteiger partial charge on any atom is -0.497 e. The van der Waals surface area contributed by atoms with Gasteiger partial charge in [0.2, 0.25) is 5.91 Å². The van der Waals surface area contributed by atoms with Gasteiger partial charge in [0.15, 0.2) is 0 Å². The zero-order valence-electron chi connectivity index (χ0n) is 15.8. The van der Waals surface area contributed by atoms with Gasteiger partial charge in [-0.1, -0.05) is 11.6 Å². The van der Waals surface area contributed by atoms with Gasteiger partial charge in [-0.3, -0.25) is 9.69 Å². The summed E-state index contributed by atoms with van der Waals surface area (Å²) in [6.45, 7) is 6.36. The molecule has 0 N–H and O–H groups in total. The number of methoxy groups -OCH3 is 1. The van der Waals surface area contributed by atoms with Crippen LogP contribution in [0.5, 0.6) is 5.75 Å². The van der Waals surface area contributed by atoms with Gasteiger partial charge < -0.3 is 9.64 Å². The van der Waals surface area contributed by atoms with E-state index in [2.05, 4.69) is 4.99 Å². The number of carbonyl (C=O) groups is 1. The topological polar surface area (TPSA) is 45.1 Å². The van der Waals surface area contributed by atoms with Crippen LogP contribution in [0.4, 0.5) is 17.1 Å². The minimum absolute atomic E-state index is 0.101. The molecule has 0 aliphatic rings. The summed E-state index contributed by atoms with van der Waals surface area (Å²) in [4.78, 5) is 20.3. The monoisotopic (exact) mass is 373 g/mol.